The standard InChI is InChI=1S/C23H24F2N8O/c1-27-15(6-9-28-18-5-4-14(24)13-17(18)25)7-10-32-11-8-16-21(32)30-23(26)33-22(16)29-20(31-33)19-3-2-12-34-19/h2-5,8,11-13,15,27-28H,6-7,9-10H2,1H3,(H2,26,30). The second kappa shape index (κ2) is 9.10. The summed E-state index contributed by atoms with van der Waals surface area (Å²) >= 11 is 0. The van der Waals surface area contributed by atoms with Gasteiger partial charge in [-0.3, -0.25) is 0 Å². The molecule has 0 aliphatic rings. The fraction of sp³-hybridized carbons (Fsp3) is 0.261. The number of anilines is 2. The topological polar surface area (TPSA) is 111 Å². The Bertz CT molecular complexity index is 1430. The van der Waals surface area contributed by atoms with Gasteiger partial charge in [0.1, 0.15) is 17.3 Å². The smallest absolute Gasteiger partial charge is 0.225 e. The maximum atomic E-state index is 13.8. The Kier molecular flexibility index (Phi) is 5.84. The van der Waals surface area contributed by atoms with Crippen LogP contribution in [0.15, 0.2) is 53.3 Å². The number of halogens is 2. The van der Waals surface area contributed by atoms with E-state index < -0.39 is 11.6 Å². The van der Waals surface area contributed by atoms with E-state index in [1.807, 2.05) is 23.9 Å². The molecule has 0 spiro atoms. The zero-order valence-corrected chi connectivity index (χ0v) is 18.5. The number of aromatic nitrogens is 5. The zero-order chi connectivity index (χ0) is 23.7. The summed E-state index contributed by atoms with van der Waals surface area (Å²) in [7, 11) is 1.89. The van der Waals surface area contributed by atoms with Crippen molar-refractivity contribution in [3.8, 4) is 11.6 Å². The van der Waals surface area contributed by atoms with Gasteiger partial charge in [0.25, 0.3) is 0 Å². The molecule has 9 nitrogen and oxygen atoms in total. The van der Waals surface area contributed by atoms with Gasteiger partial charge >= 0.3 is 0 Å². The second-order valence-corrected chi connectivity index (χ2v) is 7.98. The van der Waals surface area contributed by atoms with Crippen molar-refractivity contribution >= 4 is 28.3 Å². The lowest BCUT2D eigenvalue weighted by Gasteiger charge is -2.18. The third kappa shape index (κ3) is 4.17. The molecule has 1 unspecified atom stereocenters. The molecule has 5 aromatic rings. The van der Waals surface area contributed by atoms with Gasteiger partial charge in [-0.05, 0) is 50.2 Å². The van der Waals surface area contributed by atoms with Gasteiger partial charge in [0.15, 0.2) is 11.4 Å². The Morgan fingerprint density at radius 2 is 2.00 bits per heavy atom. The van der Waals surface area contributed by atoms with Gasteiger partial charge in [-0.15, -0.1) is 5.10 Å². The monoisotopic (exact) mass is 466 g/mol. The van der Waals surface area contributed by atoms with Gasteiger partial charge < -0.3 is 25.4 Å². The number of nitrogens with zero attached hydrogens (tertiary/aromatic N) is 5. The Morgan fingerprint density at radius 3 is 2.76 bits per heavy atom. The van der Waals surface area contributed by atoms with E-state index in [4.69, 9.17) is 10.2 Å². The zero-order valence-electron chi connectivity index (χ0n) is 18.5. The molecule has 176 valence electrons. The highest BCUT2D eigenvalue weighted by Crippen LogP contribution is 2.24. The molecular weight excluding hydrogens is 442 g/mol. The summed E-state index contributed by atoms with van der Waals surface area (Å²) in [6.45, 7) is 1.24. The average Bonchev–Trinajstić information content (AvgIpc) is 3.57. The summed E-state index contributed by atoms with van der Waals surface area (Å²) in [4.78, 5) is 9.15. The van der Waals surface area contributed by atoms with Gasteiger partial charge in [0.05, 0.1) is 17.3 Å². The maximum Gasteiger partial charge on any atom is 0.225 e. The van der Waals surface area contributed by atoms with E-state index >= 15 is 0 Å². The number of nitrogen functional groups attached to an aromatic ring is 1. The first-order chi connectivity index (χ1) is 16.5. The molecule has 1 atom stereocenters. The molecule has 0 bridgehead atoms. The van der Waals surface area contributed by atoms with Crippen LogP contribution in [0.1, 0.15) is 12.8 Å². The summed E-state index contributed by atoms with van der Waals surface area (Å²) in [6, 6.07) is 9.21. The van der Waals surface area contributed by atoms with E-state index in [0.717, 1.165) is 29.9 Å². The first-order valence-corrected chi connectivity index (χ1v) is 10.9. The van der Waals surface area contributed by atoms with E-state index in [9.17, 15) is 8.78 Å². The number of benzene rings is 1. The molecule has 0 saturated carbocycles. The highest BCUT2D eigenvalue weighted by atomic mass is 19.1. The first kappa shape index (κ1) is 21.8. The Hall–Kier alpha value is -3.99. The number of rotatable bonds is 9. The predicted octanol–water partition coefficient (Wildman–Crippen LogP) is 3.68. The summed E-state index contributed by atoms with van der Waals surface area (Å²) in [5.74, 6) is 0.0487. The number of fused-ring (bicyclic) bond motifs is 3. The average molecular weight is 466 g/mol. The van der Waals surface area contributed by atoms with Crippen LogP contribution in [0.4, 0.5) is 20.4 Å². The number of nitrogens with one attached hydrogen (secondary N) is 2. The minimum atomic E-state index is -0.599. The van der Waals surface area contributed by atoms with Crippen LogP contribution in [-0.2, 0) is 6.54 Å². The quantitative estimate of drug-likeness (QED) is 0.304. The molecule has 4 aromatic heterocycles. The largest absolute Gasteiger partial charge is 0.461 e. The van der Waals surface area contributed by atoms with E-state index in [1.54, 1.807) is 18.4 Å². The lowest BCUT2D eigenvalue weighted by atomic mass is 10.1. The van der Waals surface area contributed by atoms with Crippen molar-refractivity contribution in [3.05, 3.63) is 60.5 Å². The molecule has 5 rings (SSSR count). The van der Waals surface area contributed by atoms with Crippen molar-refractivity contribution in [2.45, 2.75) is 25.4 Å². The number of furan rings is 1. The number of hydrogen-bond donors (Lipinski definition) is 3. The highest BCUT2D eigenvalue weighted by molar-refractivity contribution is 5.91. The Balaban J connectivity index is 1.28. The molecule has 0 fully saturated rings. The van der Waals surface area contributed by atoms with E-state index in [1.165, 1.54) is 16.6 Å². The van der Waals surface area contributed by atoms with Crippen LogP contribution < -0.4 is 16.4 Å². The van der Waals surface area contributed by atoms with Crippen molar-refractivity contribution in [3.63, 3.8) is 0 Å². The SMILES string of the molecule is CNC(CCNc1ccc(F)cc1F)CCn1ccc2c1nc(N)n1nc(-c3ccco3)nc21. The summed E-state index contributed by atoms with van der Waals surface area (Å²) in [5.41, 5.74) is 7.80. The molecule has 0 aliphatic heterocycles. The fourth-order valence-electron chi connectivity index (χ4n) is 4.00. The summed E-state index contributed by atoms with van der Waals surface area (Å²) in [6.07, 6.45) is 5.09. The van der Waals surface area contributed by atoms with Crippen molar-refractivity contribution in [2.75, 3.05) is 24.6 Å². The van der Waals surface area contributed by atoms with Crippen molar-refractivity contribution in [1.82, 2.24) is 29.5 Å². The molecule has 1 aromatic carbocycles. The van der Waals surface area contributed by atoms with Gasteiger partial charge in [-0.1, -0.05) is 0 Å². The van der Waals surface area contributed by atoms with Gasteiger partial charge in [-0.25, -0.2) is 13.8 Å². The van der Waals surface area contributed by atoms with E-state index in [0.29, 0.717) is 36.0 Å². The third-order valence-electron chi connectivity index (χ3n) is 5.83. The third-order valence-corrected chi connectivity index (χ3v) is 5.83. The fourth-order valence-corrected chi connectivity index (χ4v) is 4.00. The lowest BCUT2D eigenvalue weighted by molar-refractivity contribution is 0.466. The van der Waals surface area contributed by atoms with Gasteiger partial charge in [-0.2, -0.15) is 9.50 Å². The highest BCUT2D eigenvalue weighted by Gasteiger charge is 2.17. The van der Waals surface area contributed by atoms with Crippen LogP contribution in [0.3, 0.4) is 0 Å². The summed E-state index contributed by atoms with van der Waals surface area (Å²) in [5, 5.41) is 11.6. The Labute approximate surface area is 193 Å². The predicted molar refractivity (Wildman–Crippen MR) is 125 cm³/mol. The van der Waals surface area contributed by atoms with Crippen molar-refractivity contribution in [2.24, 2.45) is 0 Å². The van der Waals surface area contributed by atoms with Crippen LogP contribution in [0.25, 0.3) is 28.3 Å². The van der Waals surface area contributed by atoms with Crippen LogP contribution in [0, 0.1) is 11.6 Å². The number of hydrogen-bond acceptors (Lipinski definition) is 7. The maximum absolute atomic E-state index is 13.8. The molecule has 4 heterocycles. The number of nitrogens with two attached hydrogens (primary N) is 1. The van der Waals surface area contributed by atoms with Crippen LogP contribution in [-0.4, -0.2) is 43.8 Å². The molecule has 0 aliphatic carbocycles. The van der Waals surface area contributed by atoms with E-state index in [2.05, 4.69) is 25.7 Å². The summed E-state index contributed by atoms with van der Waals surface area (Å²) < 4.78 is 35.8. The molecule has 34 heavy (non-hydrogen) atoms. The van der Waals surface area contributed by atoms with Crippen LogP contribution >= 0.6 is 0 Å². The van der Waals surface area contributed by atoms with Gasteiger partial charge in [0.2, 0.25) is 11.8 Å². The second-order valence-electron chi connectivity index (χ2n) is 7.98. The molecular formula is C23H24F2N8O. The molecule has 4 N–H and O–H groups in total. The number of aryl methyl sites for hydroxylation is 1. The van der Waals surface area contributed by atoms with Crippen LogP contribution in [0.5, 0.6) is 0 Å². The lowest BCUT2D eigenvalue weighted by Crippen LogP contribution is -2.29. The molecule has 0 saturated heterocycles. The molecule has 0 amide bonds. The van der Waals surface area contributed by atoms with Crippen molar-refractivity contribution < 1.29 is 13.2 Å². The minimum absolute atomic E-state index is 0.174. The normalized spacial score (nSPS) is 12.6. The first-order valence-electron chi connectivity index (χ1n) is 10.9. The van der Waals surface area contributed by atoms with Crippen molar-refractivity contribution in [1.29, 1.82) is 0 Å². The molecule has 0 radical (unpaired) electrons. The van der Waals surface area contributed by atoms with Gasteiger partial charge in [0, 0.05) is 31.4 Å². The molecule has 11 heteroatoms. The van der Waals surface area contributed by atoms with Crippen LogP contribution in [0.2, 0.25) is 0 Å². The minimum Gasteiger partial charge on any atom is -0.461 e. The van der Waals surface area contributed by atoms with E-state index in [-0.39, 0.29) is 12.0 Å². The Morgan fingerprint density at radius 1 is 1.12 bits per heavy atom.